The maximum atomic E-state index is 13.1. The Morgan fingerprint density at radius 2 is 1.88 bits per heavy atom. The lowest BCUT2D eigenvalue weighted by Gasteiger charge is -2.13. The second kappa shape index (κ2) is 6.76. The van der Waals surface area contributed by atoms with Crippen molar-refractivity contribution >= 4 is 17.4 Å². The predicted octanol–water partition coefficient (Wildman–Crippen LogP) is 3.77. The molecule has 3 aromatic rings. The third kappa shape index (κ3) is 2.86. The van der Waals surface area contributed by atoms with Crippen LogP contribution in [0.1, 0.15) is 16.1 Å². The number of aromatic nitrogens is 2. The van der Waals surface area contributed by atoms with E-state index in [1.807, 2.05) is 29.1 Å². The summed E-state index contributed by atoms with van der Waals surface area (Å²) >= 11 is 6.10. The molecule has 6 heteroatoms. The molecule has 0 N–H and O–H groups in total. The molecule has 0 spiro atoms. The Kier molecular flexibility index (Phi) is 4.53. The molecule has 0 fully saturated rings. The summed E-state index contributed by atoms with van der Waals surface area (Å²) in [5.41, 5.74) is 1.31. The van der Waals surface area contributed by atoms with Crippen LogP contribution < -0.4 is 9.47 Å². The molecule has 0 unspecified atom stereocenters. The van der Waals surface area contributed by atoms with Crippen LogP contribution in [0.2, 0.25) is 5.02 Å². The number of nitrogens with zero attached hydrogens (tertiary/aromatic N) is 2. The summed E-state index contributed by atoms with van der Waals surface area (Å²) in [6.07, 6.45) is 5.22. The van der Waals surface area contributed by atoms with Crippen molar-refractivity contribution in [3.8, 4) is 17.2 Å². The summed E-state index contributed by atoms with van der Waals surface area (Å²) in [4.78, 5) is 17.3. The molecular formula is C18H15ClN2O3. The largest absolute Gasteiger partial charge is 0.493 e. The number of ether oxygens (including phenoxy) is 2. The number of carbonyl (C=O) groups excluding carboxylic acids is 1. The van der Waals surface area contributed by atoms with Gasteiger partial charge in [-0.3, -0.25) is 4.79 Å². The lowest BCUT2D eigenvalue weighted by atomic mass is 10.0. The second-order valence-corrected chi connectivity index (χ2v) is 5.41. The number of benzene rings is 1. The van der Waals surface area contributed by atoms with Gasteiger partial charge in [0.05, 0.1) is 19.9 Å². The van der Waals surface area contributed by atoms with Crippen LogP contribution in [0.5, 0.6) is 11.5 Å². The molecule has 5 nitrogen and oxygen atoms in total. The van der Waals surface area contributed by atoms with E-state index in [-0.39, 0.29) is 11.5 Å². The number of halogens is 1. The lowest BCUT2D eigenvalue weighted by Crippen LogP contribution is -2.11. The monoisotopic (exact) mass is 342 g/mol. The predicted molar refractivity (Wildman–Crippen MR) is 91.6 cm³/mol. The molecule has 0 aliphatic carbocycles. The van der Waals surface area contributed by atoms with Crippen molar-refractivity contribution in [2.24, 2.45) is 0 Å². The molecule has 0 atom stereocenters. The Hall–Kier alpha value is -2.79. The molecule has 1 aromatic carbocycles. The summed E-state index contributed by atoms with van der Waals surface area (Å²) in [6, 6.07) is 10.6. The average molecular weight is 343 g/mol. The van der Waals surface area contributed by atoms with Gasteiger partial charge in [0.15, 0.2) is 17.2 Å². The number of hydrogen-bond acceptors (Lipinski definition) is 4. The smallest absolute Gasteiger partial charge is 0.217 e. The summed E-state index contributed by atoms with van der Waals surface area (Å²) < 4.78 is 12.4. The fourth-order valence-corrected chi connectivity index (χ4v) is 2.66. The van der Waals surface area contributed by atoms with Crippen molar-refractivity contribution in [3.05, 3.63) is 71.3 Å². The van der Waals surface area contributed by atoms with Gasteiger partial charge in [-0.1, -0.05) is 11.6 Å². The minimum atomic E-state index is -0.294. The van der Waals surface area contributed by atoms with E-state index in [1.54, 1.807) is 24.3 Å². The quantitative estimate of drug-likeness (QED) is 0.662. The van der Waals surface area contributed by atoms with Crippen LogP contribution >= 0.6 is 11.6 Å². The van der Waals surface area contributed by atoms with E-state index in [1.165, 1.54) is 20.4 Å². The van der Waals surface area contributed by atoms with Crippen LogP contribution in [0, 0.1) is 0 Å². The van der Waals surface area contributed by atoms with Crippen molar-refractivity contribution in [3.63, 3.8) is 0 Å². The third-order valence-corrected chi connectivity index (χ3v) is 3.83. The van der Waals surface area contributed by atoms with Gasteiger partial charge in [-0.25, -0.2) is 4.98 Å². The molecule has 0 saturated heterocycles. The minimum absolute atomic E-state index is 0.174. The van der Waals surface area contributed by atoms with Gasteiger partial charge in [0.25, 0.3) is 0 Å². The van der Waals surface area contributed by atoms with Gasteiger partial charge >= 0.3 is 0 Å². The Bertz CT molecular complexity index is 876. The van der Waals surface area contributed by atoms with Gasteiger partial charge in [0.1, 0.15) is 0 Å². The van der Waals surface area contributed by atoms with E-state index < -0.39 is 0 Å². The number of rotatable bonds is 5. The van der Waals surface area contributed by atoms with E-state index in [0.29, 0.717) is 27.8 Å². The molecule has 24 heavy (non-hydrogen) atoms. The van der Waals surface area contributed by atoms with Crippen LogP contribution in [-0.4, -0.2) is 29.6 Å². The normalized spacial score (nSPS) is 10.5. The van der Waals surface area contributed by atoms with Crippen LogP contribution in [0.4, 0.5) is 0 Å². The van der Waals surface area contributed by atoms with Crippen molar-refractivity contribution in [2.45, 2.75) is 0 Å². The van der Waals surface area contributed by atoms with Gasteiger partial charge in [-0.15, -0.1) is 0 Å². The van der Waals surface area contributed by atoms with Crippen molar-refractivity contribution in [2.75, 3.05) is 14.2 Å². The van der Waals surface area contributed by atoms with Crippen LogP contribution in [0.3, 0.4) is 0 Å². The summed E-state index contributed by atoms with van der Waals surface area (Å²) in [7, 11) is 2.98. The molecule has 0 aliphatic heterocycles. The number of ketones is 1. The highest BCUT2D eigenvalue weighted by Gasteiger charge is 2.22. The van der Waals surface area contributed by atoms with Gasteiger partial charge in [-0.05, 0) is 30.3 Å². The lowest BCUT2D eigenvalue weighted by molar-refractivity contribution is 0.103. The van der Waals surface area contributed by atoms with Crippen LogP contribution in [-0.2, 0) is 0 Å². The molecule has 122 valence electrons. The van der Waals surface area contributed by atoms with E-state index in [4.69, 9.17) is 21.1 Å². The van der Waals surface area contributed by atoms with Crippen LogP contribution in [0.25, 0.3) is 5.69 Å². The highest BCUT2D eigenvalue weighted by Crippen LogP contribution is 2.32. The first-order valence-corrected chi connectivity index (χ1v) is 7.58. The molecule has 0 amide bonds. The van der Waals surface area contributed by atoms with Gasteiger partial charge in [0.2, 0.25) is 5.78 Å². The van der Waals surface area contributed by atoms with Crippen molar-refractivity contribution in [1.82, 2.24) is 9.55 Å². The fraction of sp³-hybridized carbons (Fsp3) is 0.111. The van der Waals surface area contributed by atoms with E-state index in [9.17, 15) is 4.79 Å². The number of pyridine rings is 1. The SMILES string of the molecule is COc1ccnc(C(=O)c2cc(Cl)ccc2-n2cccc2)c1OC. The zero-order chi connectivity index (χ0) is 17.1. The maximum Gasteiger partial charge on any atom is 0.217 e. The molecule has 0 bridgehead atoms. The van der Waals surface area contributed by atoms with E-state index in [2.05, 4.69) is 4.98 Å². The van der Waals surface area contributed by atoms with Gasteiger partial charge < -0.3 is 14.0 Å². The molecule has 0 radical (unpaired) electrons. The van der Waals surface area contributed by atoms with Crippen molar-refractivity contribution < 1.29 is 14.3 Å². The van der Waals surface area contributed by atoms with Crippen molar-refractivity contribution in [1.29, 1.82) is 0 Å². The Balaban J connectivity index is 2.17. The molecule has 0 aliphatic rings. The molecule has 2 aromatic heterocycles. The Morgan fingerprint density at radius 1 is 1.12 bits per heavy atom. The molecular weight excluding hydrogens is 328 g/mol. The minimum Gasteiger partial charge on any atom is -0.493 e. The second-order valence-electron chi connectivity index (χ2n) is 4.98. The zero-order valence-corrected chi connectivity index (χ0v) is 13.9. The number of methoxy groups -OCH3 is 2. The zero-order valence-electron chi connectivity index (χ0n) is 13.2. The highest BCUT2D eigenvalue weighted by molar-refractivity contribution is 6.31. The first kappa shape index (κ1) is 16.1. The fourth-order valence-electron chi connectivity index (χ4n) is 2.49. The van der Waals surface area contributed by atoms with Gasteiger partial charge in [0, 0.05) is 35.2 Å². The van der Waals surface area contributed by atoms with E-state index >= 15 is 0 Å². The first-order valence-electron chi connectivity index (χ1n) is 7.20. The number of hydrogen-bond donors (Lipinski definition) is 0. The van der Waals surface area contributed by atoms with Crippen LogP contribution in [0.15, 0.2) is 55.0 Å². The summed E-state index contributed by atoms with van der Waals surface area (Å²) in [5, 5.41) is 0.469. The Labute approximate surface area is 144 Å². The molecule has 0 saturated carbocycles. The average Bonchev–Trinajstić information content (AvgIpc) is 3.14. The Morgan fingerprint density at radius 3 is 2.54 bits per heavy atom. The number of carbonyl (C=O) groups is 1. The third-order valence-electron chi connectivity index (χ3n) is 3.59. The summed E-state index contributed by atoms with van der Waals surface area (Å²) in [6.45, 7) is 0. The maximum absolute atomic E-state index is 13.1. The highest BCUT2D eigenvalue weighted by atomic mass is 35.5. The topological polar surface area (TPSA) is 53.3 Å². The van der Waals surface area contributed by atoms with Gasteiger partial charge in [-0.2, -0.15) is 0 Å². The first-order chi connectivity index (χ1) is 11.7. The molecule has 3 rings (SSSR count). The molecule has 2 heterocycles. The van der Waals surface area contributed by atoms with E-state index in [0.717, 1.165) is 0 Å². The standard InChI is InChI=1S/C18H15ClN2O3/c1-23-15-7-8-20-16(18(15)24-2)17(22)13-11-12(19)5-6-14(13)21-9-3-4-10-21/h3-11H,1-2H3. The summed E-state index contributed by atoms with van der Waals surface area (Å²) in [5.74, 6) is 0.445.